The minimum Gasteiger partial charge on any atom is -0.383 e. The number of nitrogens with zero attached hydrogens (tertiary/aromatic N) is 1. The zero-order chi connectivity index (χ0) is 9.14. The molecule has 0 aliphatic rings. The van der Waals surface area contributed by atoms with Crippen LogP contribution in [0.1, 0.15) is 21.6 Å². The molecule has 12 heavy (non-hydrogen) atoms. The first-order valence-corrected chi connectivity index (χ1v) is 4.65. The number of hydrogen-bond acceptors (Lipinski definition) is 4. The molecule has 0 bridgehead atoms. The van der Waals surface area contributed by atoms with Crippen molar-refractivity contribution in [3.8, 4) is 0 Å². The van der Waals surface area contributed by atoms with Crippen LogP contribution >= 0.6 is 11.3 Å². The van der Waals surface area contributed by atoms with Crippen LogP contribution in [0.2, 0.25) is 0 Å². The van der Waals surface area contributed by atoms with Gasteiger partial charge in [0.15, 0.2) is 0 Å². The fourth-order valence-electron chi connectivity index (χ4n) is 0.907. The molecule has 3 nitrogen and oxygen atoms in total. The fourth-order valence-corrected chi connectivity index (χ4v) is 1.82. The molecule has 68 valence electrons. The zero-order valence-electron chi connectivity index (χ0n) is 7.63. The second-order valence-electron chi connectivity index (χ2n) is 2.76. The van der Waals surface area contributed by atoms with Gasteiger partial charge in [0.1, 0.15) is 5.01 Å². The van der Waals surface area contributed by atoms with Gasteiger partial charge in [-0.1, -0.05) is 0 Å². The molecule has 1 rings (SSSR count). The van der Waals surface area contributed by atoms with Crippen LogP contribution in [-0.4, -0.2) is 18.7 Å². The monoisotopic (exact) mass is 186 g/mol. The molecule has 2 N–H and O–H groups in total. The summed E-state index contributed by atoms with van der Waals surface area (Å²) in [7, 11) is 1.65. The summed E-state index contributed by atoms with van der Waals surface area (Å²) >= 11 is 1.65. The van der Waals surface area contributed by atoms with Crippen LogP contribution in [0.5, 0.6) is 0 Å². The molecule has 0 aliphatic carbocycles. The van der Waals surface area contributed by atoms with Crippen molar-refractivity contribution in [2.24, 2.45) is 5.73 Å². The molecule has 0 saturated heterocycles. The van der Waals surface area contributed by atoms with Gasteiger partial charge < -0.3 is 10.5 Å². The Kier molecular flexibility index (Phi) is 3.20. The molecule has 0 radical (unpaired) electrons. The number of hydrogen-bond donors (Lipinski definition) is 1. The predicted octanol–water partition coefficient (Wildman–Crippen LogP) is 1.41. The van der Waals surface area contributed by atoms with Crippen molar-refractivity contribution in [3.63, 3.8) is 0 Å². The third-order valence-corrected chi connectivity index (χ3v) is 2.91. The van der Waals surface area contributed by atoms with E-state index < -0.39 is 0 Å². The van der Waals surface area contributed by atoms with Gasteiger partial charge in [-0.25, -0.2) is 4.98 Å². The van der Waals surface area contributed by atoms with Crippen LogP contribution in [-0.2, 0) is 4.74 Å². The summed E-state index contributed by atoms with van der Waals surface area (Å²) in [6.45, 7) is 4.58. The highest BCUT2D eigenvalue weighted by molar-refractivity contribution is 7.11. The molecular weight excluding hydrogens is 172 g/mol. The third-order valence-electron chi connectivity index (χ3n) is 1.71. The SMILES string of the molecule is COCC(N)c1nc(C)c(C)s1. The molecule has 1 unspecified atom stereocenters. The summed E-state index contributed by atoms with van der Waals surface area (Å²) < 4.78 is 4.95. The molecule has 1 aromatic heterocycles. The quantitative estimate of drug-likeness (QED) is 0.776. The van der Waals surface area contributed by atoms with Gasteiger partial charge in [0, 0.05) is 12.0 Å². The van der Waals surface area contributed by atoms with E-state index in [1.807, 2.05) is 6.92 Å². The van der Waals surface area contributed by atoms with E-state index >= 15 is 0 Å². The lowest BCUT2D eigenvalue weighted by Gasteiger charge is -2.05. The van der Waals surface area contributed by atoms with Crippen LogP contribution < -0.4 is 5.73 Å². The summed E-state index contributed by atoms with van der Waals surface area (Å²) in [6, 6.07) is -0.0765. The molecule has 1 heterocycles. The summed E-state index contributed by atoms with van der Waals surface area (Å²) in [6.07, 6.45) is 0. The second-order valence-corrected chi connectivity index (χ2v) is 3.99. The average Bonchev–Trinajstić information content (AvgIpc) is 2.33. The number of rotatable bonds is 3. The maximum atomic E-state index is 5.81. The van der Waals surface area contributed by atoms with Crippen molar-refractivity contribution in [2.45, 2.75) is 19.9 Å². The molecule has 0 aromatic carbocycles. The van der Waals surface area contributed by atoms with Gasteiger partial charge in [0.2, 0.25) is 0 Å². The molecule has 1 atom stereocenters. The molecular formula is C8H14N2OS. The minimum absolute atomic E-state index is 0.0765. The van der Waals surface area contributed by atoms with Crippen LogP contribution in [0.4, 0.5) is 0 Å². The highest BCUT2D eigenvalue weighted by Gasteiger charge is 2.11. The van der Waals surface area contributed by atoms with Crippen molar-refractivity contribution >= 4 is 11.3 Å². The summed E-state index contributed by atoms with van der Waals surface area (Å²) in [4.78, 5) is 5.58. The smallest absolute Gasteiger partial charge is 0.112 e. The van der Waals surface area contributed by atoms with Gasteiger partial charge in [0.25, 0.3) is 0 Å². The highest BCUT2D eigenvalue weighted by Crippen LogP contribution is 2.21. The van der Waals surface area contributed by atoms with E-state index in [9.17, 15) is 0 Å². The number of aryl methyl sites for hydroxylation is 2. The van der Waals surface area contributed by atoms with Crippen LogP contribution in [0.15, 0.2) is 0 Å². The van der Waals surface area contributed by atoms with E-state index in [0.29, 0.717) is 6.61 Å². The second kappa shape index (κ2) is 3.98. The van der Waals surface area contributed by atoms with Crippen molar-refractivity contribution in [1.82, 2.24) is 4.98 Å². The van der Waals surface area contributed by atoms with Crippen LogP contribution in [0.25, 0.3) is 0 Å². The van der Waals surface area contributed by atoms with Crippen LogP contribution in [0, 0.1) is 13.8 Å². The van der Waals surface area contributed by atoms with E-state index in [4.69, 9.17) is 10.5 Å². The number of aromatic nitrogens is 1. The Morgan fingerprint density at radius 3 is 2.67 bits per heavy atom. The predicted molar refractivity (Wildman–Crippen MR) is 50.4 cm³/mol. The Bertz CT molecular complexity index is 240. The third kappa shape index (κ3) is 2.03. The Labute approximate surface area is 76.6 Å². The molecule has 0 amide bonds. The Morgan fingerprint density at radius 2 is 2.25 bits per heavy atom. The Balaban J connectivity index is 2.74. The lowest BCUT2D eigenvalue weighted by atomic mass is 10.3. The Morgan fingerprint density at radius 1 is 1.58 bits per heavy atom. The average molecular weight is 186 g/mol. The van der Waals surface area contributed by atoms with E-state index in [0.717, 1.165) is 10.7 Å². The number of ether oxygens (including phenoxy) is 1. The molecule has 4 heteroatoms. The summed E-state index contributed by atoms with van der Waals surface area (Å²) in [5, 5.41) is 0.965. The van der Waals surface area contributed by atoms with E-state index in [-0.39, 0.29) is 6.04 Å². The normalized spacial score (nSPS) is 13.3. The lowest BCUT2D eigenvalue weighted by Crippen LogP contribution is -2.15. The maximum Gasteiger partial charge on any atom is 0.112 e. The molecule has 0 saturated carbocycles. The first-order valence-electron chi connectivity index (χ1n) is 3.83. The van der Waals surface area contributed by atoms with Gasteiger partial charge in [-0.05, 0) is 13.8 Å². The van der Waals surface area contributed by atoms with E-state index in [1.165, 1.54) is 4.88 Å². The minimum atomic E-state index is -0.0765. The molecule has 0 spiro atoms. The Hall–Kier alpha value is -0.450. The zero-order valence-corrected chi connectivity index (χ0v) is 8.44. The van der Waals surface area contributed by atoms with Crippen LogP contribution in [0.3, 0.4) is 0 Å². The maximum absolute atomic E-state index is 5.81. The van der Waals surface area contributed by atoms with Gasteiger partial charge >= 0.3 is 0 Å². The first-order chi connectivity index (χ1) is 5.65. The fraction of sp³-hybridized carbons (Fsp3) is 0.625. The molecule has 1 aromatic rings. The van der Waals surface area contributed by atoms with Gasteiger partial charge in [-0.2, -0.15) is 0 Å². The van der Waals surface area contributed by atoms with Crippen molar-refractivity contribution < 1.29 is 4.74 Å². The standard InChI is InChI=1S/C8H14N2OS/c1-5-6(2)12-8(10-5)7(9)4-11-3/h7H,4,9H2,1-3H3. The van der Waals surface area contributed by atoms with Crippen molar-refractivity contribution in [3.05, 3.63) is 15.6 Å². The number of nitrogens with two attached hydrogens (primary N) is 1. The van der Waals surface area contributed by atoms with Crippen molar-refractivity contribution in [1.29, 1.82) is 0 Å². The van der Waals surface area contributed by atoms with E-state index in [1.54, 1.807) is 18.4 Å². The molecule has 0 aliphatic heterocycles. The van der Waals surface area contributed by atoms with Gasteiger partial charge in [0.05, 0.1) is 18.3 Å². The van der Waals surface area contributed by atoms with E-state index in [2.05, 4.69) is 11.9 Å². The van der Waals surface area contributed by atoms with Crippen molar-refractivity contribution in [2.75, 3.05) is 13.7 Å². The summed E-state index contributed by atoms with van der Waals surface area (Å²) in [5.41, 5.74) is 6.88. The molecule has 0 fully saturated rings. The van der Waals surface area contributed by atoms with Gasteiger partial charge in [-0.3, -0.25) is 0 Å². The topological polar surface area (TPSA) is 48.1 Å². The van der Waals surface area contributed by atoms with Gasteiger partial charge in [-0.15, -0.1) is 11.3 Å². The number of methoxy groups -OCH3 is 1. The largest absolute Gasteiger partial charge is 0.383 e. The highest BCUT2D eigenvalue weighted by atomic mass is 32.1. The summed E-state index contributed by atoms with van der Waals surface area (Å²) in [5.74, 6) is 0. The lowest BCUT2D eigenvalue weighted by molar-refractivity contribution is 0.181. The first kappa shape index (κ1) is 9.64. The number of thiazole rings is 1.